The SMILES string of the molecule is CCOc1ccccc1/C=C(\C#N)C(=O)Nc1c(C)n(C)n(-c2ccccc2)c1=O. The summed E-state index contributed by atoms with van der Waals surface area (Å²) < 4.78 is 8.67. The van der Waals surface area contributed by atoms with E-state index in [1.54, 1.807) is 49.0 Å². The number of carbonyl (C=O) groups is 1. The van der Waals surface area contributed by atoms with Gasteiger partial charge in [0.1, 0.15) is 23.1 Å². The molecule has 1 N–H and O–H groups in total. The van der Waals surface area contributed by atoms with Gasteiger partial charge in [-0.2, -0.15) is 5.26 Å². The maximum atomic E-state index is 13.0. The Hall–Kier alpha value is -4.05. The molecule has 0 aliphatic carbocycles. The number of carbonyl (C=O) groups excluding carboxylic acids is 1. The summed E-state index contributed by atoms with van der Waals surface area (Å²) in [5.74, 6) is -0.0855. The van der Waals surface area contributed by atoms with Crippen LogP contribution in [0, 0.1) is 18.3 Å². The maximum absolute atomic E-state index is 13.0. The van der Waals surface area contributed by atoms with Crippen molar-refractivity contribution in [2.75, 3.05) is 11.9 Å². The lowest BCUT2D eigenvalue weighted by molar-refractivity contribution is -0.112. The molecule has 1 amide bonds. The van der Waals surface area contributed by atoms with Gasteiger partial charge in [-0.3, -0.25) is 14.3 Å². The molecule has 0 aliphatic heterocycles. The molecule has 0 unspecified atom stereocenters. The molecule has 1 heterocycles. The van der Waals surface area contributed by atoms with Crippen LogP contribution in [-0.4, -0.2) is 21.9 Å². The smallest absolute Gasteiger partial charge is 0.295 e. The van der Waals surface area contributed by atoms with E-state index < -0.39 is 5.91 Å². The highest BCUT2D eigenvalue weighted by Gasteiger charge is 2.20. The fraction of sp³-hybridized carbons (Fsp3) is 0.174. The first kappa shape index (κ1) is 20.7. The minimum atomic E-state index is -0.658. The molecule has 0 bridgehead atoms. The van der Waals surface area contributed by atoms with Gasteiger partial charge in [0.25, 0.3) is 11.5 Å². The van der Waals surface area contributed by atoms with E-state index in [-0.39, 0.29) is 16.8 Å². The molecule has 2 aromatic carbocycles. The number of ether oxygens (including phenoxy) is 1. The highest BCUT2D eigenvalue weighted by molar-refractivity contribution is 6.10. The Bertz CT molecular complexity index is 1200. The summed E-state index contributed by atoms with van der Waals surface area (Å²) in [6.45, 7) is 4.05. The number of benzene rings is 2. The molecule has 1 aromatic heterocycles. The number of nitriles is 1. The molecule has 7 heteroatoms. The quantitative estimate of drug-likeness (QED) is 0.505. The van der Waals surface area contributed by atoms with Crippen LogP contribution in [0.2, 0.25) is 0 Å². The summed E-state index contributed by atoms with van der Waals surface area (Å²) in [5.41, 5.74) is 1.49. The molecule has 0 aliphatic rings. The van der Waals surface area contributed by atoms with E-state index in [2.05, 4.69) is 5.32 Å². The molecule has 152 valence electrons. The van der Waals surface area contributed by atoms with Crippen LogP contribution in [0.4, 0.5) is 5.69 Å². The zero-order valence-electron chi connectivity index (χ0n) is 17.0. The standard InChI is InChI=1S/C23H22N4O3/c1-4-30-20-13-9-8-10-17(20)14-18(15-24)22(28)25-21-16(2)26(3)27(23(21)29)19-11-6-5-7-12-19/h5-14H,4H2,1-3H3,(H,25,28)/b18-14+. The van der Waals surface area contributed by atoms with Crippen molar-refractivity contribution in [1.82, 2.24) is 9.36 Å². The number of aromatic nitrogens is 2. The van der Waals surface area contributed by atoms with Crippen LogP contribution in [0.1, 0.15) is 18.2 Å². The minimum Gasteiger partial charge on any atom is -0.493 e. The Kier molecular flexibility index (Phi) is 6.18. The molecule has 0 saturated heterocycles. The van der Waals surface area contributed by atoms with Gasteiger partial charge in [-0.1, -0.05) is 36.4 Å². The fourth-order valence-corrected chi connectivity index (χ4v) is 3.08. The number of nitrogens with one attached hydrogen (secondary N) is 1. The summed E-state index contributed by atoms with van der Waals surface area (Å²) in [5, 5.41) is 12.1. The molecule has 0 radical (unpaired) electrons. The van der Waals surface area contributed by atoms with E-state index in [4.69, 9.17) is 4.74 Å². The minimum absolute atomic E-state index is 0.129. The van der Waals surface area contributed by atoms with Gasteiger partial charge in [0, 0.05) is 12.6 Å². The topological polar surface area (TPSA) is 89.0 Å². The first-order valence-corrected chi connectivity index (χ1v) is 9.47. The van der Waals surface area contributed by atoms with Gasteiger partial charge < -0.3 is 10.1 Å². The first-order chi connectivity index (χ1) is 14.5. The maximum Gasteiger partial charge on any atom is 0.295 e. The Labute approximate surface area is 174 Å². The molecule has 7 nitrogen and oxygen atoms in total. The fourth-order valence-electron chi connectivity index (χ4n) is 3.08. The number of hydrogen-bond donors (Lipinski definition) is 1. The predicted octanol–water partition coefficient (Wildman–Crippen LogP) is 3.43. The predicted molar refractivity (Wildman–Crippen MR) is 116 cm³/mol. The third-order valence-electron chi connectivity index (χ3n) is 4.68. The van der Waals surface area contributed by atoms with Crippen LogP contribution in [0.3, 0.4) is 0 Å². The molecular weight excluding hydrogens is 380 g/mol. The highest BCUT2D eigenvalue weighted by atomic mass is 16.5. The molecular formula is C23H22N4O3. The van der Waals surface area contributed by atoms with Crippen molar-refractivity contribution in [1.29, 1.82) is 5.26 Å². The summed E-state index contributed by atoms with van der Waals surface area (Å²) in [7, 11) is 1.73. The monoisotopic (exact) mass is 402 g/mol. The second-order valence-electron chi connectivity index (χ2n) is 6.53. The molecule has 0 atom stereocenters. The lowest BCUT2D eigenvalue weighted by atomic mass is 10.1. The first-order valence-electron chi connectivity index (χ1n) is 9.47. The van der Waals surface area contributed by atoms with Crippen molar-refractivity contribution in [2.45, 2.75) is 13.8 Å². The Morgan fingerprint density at radius 2 is 1.83 bits per heavy atom. The Morgan fingerprint density at radius 1 is 1.17 bits per heavy atom. The van der Waals surface area contributed by atoms with E-state index in [9.17, 15) is 14.9 Å². The lowest BCUT2D eigenvalue weighted by Gasteiger charge is -2.07. The Balaban J connectivity index is 1.96. The summed E-state index contributed by atoms with van der Waals surface area (Å²) in [6, 6.07) is 18.2. The van der Waals surface area contributed by atoms with E-state index >= 15 is 0 Å². The second-order valence-corrected chi connectivity index (χ2v) is 6.53. The van der Waals surface area contributed by atoms with Gasteiger partial charge in [-0.05, 0) is 38.1 Å². The van der Waals surface area contributed by atoms with Crippen molar-refractivity contribution in [3.63, 3.8) is 0 Å². The zero-order chi connectivity index (χ0) is 21.7. The van der Waals surface area contributed by atoms with Crippen molar-refractivity contribution in [2.24, 2.45) is 7.05 Å². The summed E-state index contributed by atoms with van der Waals surface area (Å²) >= 11 is 0. The second kappa shape index (κ2) is 8.97. The molecule has 3 aromatic rings. The van der Waals surface area contributed by atoms with E-state index in [0.29, 0.717) is 29.3 Å². The normalized spacial score (nSPS) is 11.1. The third kappa shape index (κ3) is 4.03. The Morgan fingerprint density at radius 3 is 2.50 bits per heavy atom. The van der Waals surface area contributed by atoms with Crippen LogP contribution in [0.5, 0.6) is 5.75 Å². The van der Waals surface area contributed by atoms with Gasteiger partial charge in [0.2, 0.25) is 0 Å². The number of rotatable bonds is 6. The van der Waals surface area contributed by atoms with Crippen LogP contribution in [0.15, 0.2) is 65.0 Å². The molecule has 3 rings (SSSR count). The molecule has 0 spiro atoms. The molecule has 30 heavy (non-hydrogen) atoms. The van der Waals surface area contributed by atoms with Crippen molar-refractivity contribution < 1.29 is 9.53 Å². The molecule has 0 saturated carbocycles. The summed E-state index contributed by atoms with van der Waals surface area (Å²) in [4.78, 5) is 25.7. The zero-order valence-corrected chi connectivity index (χ0v) is 17.0. The van der Waals surface area contributed by atoms with Crippen LogP contribution in [-0.2, 0) is 11.8 Å². The number of hydrogen-bond acceptors (Lipinski definition) is 4. The number of amides is 1. The van der Waals surface area contributed by atoms with Crippen LogP contribution >= 0.6 is 0 Å². The van der Waals surface area contributed by atoms with Gasteiger partial charge in [0.15, 0.2) is 0 Å². The number of nitrogens with zero attached hydrogens (tertiary/aromatic N) is 3. The average Bonchev–Trinajstić information content (AvgIpc) is 2.97. The highest BCUT2D eigenvalue weighted by Crippen LogP contribution is 2.22. The lowest BCUT2D eigenvalue weighted by Crippen LogP contribution is -2.23. The summed E-state index contributed by atoms with van der Waals surface area (Å²) in [6.07, 6.45) is 1.45. The largest absolute Gasteiger partial charge is 0.493 e. The van der Waals surface area contributed by atoms with E-state index in [1.807, 2.05) is 37.3 Å². The molecule has 0 fully saturated rings. The van der Waals surface area contributed by atoms with Crippen LogP contribution < -0.4 is 15.6 Å². The van der Waals surface area contributed by atoms with Gasteiger partial charge in [-0.25, -0.2) is 4.68 Å². The van der Waals surface area contributed by atoms with Gasteiger partial charge >= 0.3 is 0 Å². The van der Waals surface area contributed by atoms with Gasteiger partial charge in [-0.15, -0.1) is 0 Å². The number of anilines is 1. The van der Waals surface area contributed by atoms with E-state index in [0.717, 1.165) is 0 Å². The van der Waals surface area contributed by atoms with E-state index in [1.165, 1.54) is 10.8 Å². The number of para-hydroxylation sites is 2. The van der Waals surface area contributed by atoms with Crippen molar-refractivity contribution >= 4 is 17.7 Å². The van der Waals surface area contributed by atoms with Crippen LogP contribution in [0.25, 0.3) is 11.8 Å². The van der Waals surface area contributed by atoms with Crippen molar-refractivity contribution in [3.05, 3.63) is 81.8 Å². The third-order valence-corrected chi connectivity index (χ3v) is 4.68. The van der Waals surface area contributed by atoms with Crippen molar-refractivity contribution in [3.8, 4) is 17.5 Å². The van der Waals surface area contributed by atoms with Gasteiger partial charge in [0.05, 0.1) is 18.0 Å². The average molecular weight is 402 g/mol.